The van der Waals surface area contributed by atoms with Gasteiger partial charge in [0.15, 0.2) is 5.54 Å². The molecule has 1 aliphatic heterocycles. The van der Waals surface area contributed by atoms with Gasteiger partial charge in [0.05, 0.1) is 11.5 Å². The van der Waals surface area contributed by atoms with Crippen molar-refractivity contribution < 1.29 is 23.1 Å². The lowest BCUT2D eigenvalue weighted by molar-refractivity contribution is -0.144. The van der Waals surface area contributed by atoms with Crippen molar-refractivity contribution in [3.8, 4) is 11.1 Å². The standard InChI is InChI=1S/C17H17NO5S/c19-16(20)17(10-11-23-12-17)18-24(21,22)15-9-5-4-8-14(15)13-6-2-1-3-7-13/h1-9,18H,10-12H2,(H,19,20). The molecule has 1 heterocycles. The molecule has 1 aliphatic rings. The Labute approximate surface area is 140 Å². The number of nitrogens with one attached hydrogen (secondary N) is 1. The minimum Gasteiger partial charge on any atom is -0.480 e. The second-order valence-electron chi connectivity index (χ2n) is 5.66. The number of aliphatic carboxylic acids is 1. The van der Waals surface area contributed by atoms with Crippen LogP contribution in [0.15, 0.2) is 59.5 Å². The maximum atomic E-state index is 12.9. The number of rotatable bonds is 5. The molecule has 0 aromatic heterocycles. The lowest BCUT2D eigenvalue weighted by Crippen LogP contribution is -2.55. The summed E-state index contributed by atoms with van der Waals surface area (Å²) < 4.78 is 33.2. The molecule has 6 nitrogen and oxygen atoms in total. The highest BCUT2D eigenvalue weighted by Gasteiger charge is 2.46. The van der Waals surface area contributed by atoms with E-state index in [1.807, 2.05) is 18.2 Å². The van der Waals surface area contributed by atoms with Crippen molar-refractivity contribution in [3.63, 3.8) is 0 Å². The average molecular weight is 347 g/mol. The lowest BCUT2D eigenvalue weighted by atomic mass is 10.0. The number of sulfonamides is 1. The molecule has 0 spiro atoms. The zero-order chi connectivity index (χ0) is 17.2. The first-order valence-electron chi connectivity index (χ1n) is 7.44. The molecule has 0 radical (unpaired) electrons. The number of carbonyl (C=O) groups is 1. The summed E-state index contributed by atoms with van der Waals surface area (Å²) in [5.41, 5.74) is -0.363. The molecule has 1 fully saturated rings. The normalized spacial score (nSPS) is 20.8. The van der Waals surface area contributed by atoms with Gasteiger partial charge in [-0.25, -0.2) is 8.42 Å². The van der Waals surface area contributed by atoms with Crippen molar-refractivity contribution in [2.45, 2.75) is 16.9 Å². The fraction of sp³-hybridized carbons (Fsp3) is 0.235. The minimum absolute atomic E-state index is 0.0451. The molecule has 1 saturated heterocycles. The summed E-state index contributed by atoms with van der Waals surface area (Å²) in [6.07, 6.45) is 0.0923. The molecule has 0 bridgehead atoms. The average Bonchev–Trinajstić information content (AvgIpc) is 3.05. The number of benzene rings is 2. The van der Waals surface area contributed by atoms with Crippen LogP contribution >= 0.6 is 0 Å². The molecule has 2 aromatic carbocycles. The van der Waals surface area contributed by atoms with Gasteiger partial charge in [0.1, 0.15) is 0 Å². The van der Waals surface area contributed by atoms with Gasteiger partial charge in [-0.05, 0) is 11.6 Å². The summed E-state index contributed by atoms with van der Waals surface area (Å²) >= 11 is 0. The van der Waals surface area contributed by atoms with Crippen LogP contribution < -0.4 is 4.72 Å². The van der Waals surface area contributed by atoms with Gasteiger partial charge in [0, 0.05) is 18.6 Å². The van der Waals surface area contributed by atoms with E-state index in [0.29, 0.717) is 5.56 Å². The van der Waals surface area contributed by atoms with Gasteiger partial charge in [-0.2, -0.15) is 4.72 Å². The molecule has 1 unspecified atom stereocenters. The fourth-order valence-electron chi connectivity index (χ4n) is 2.73. The molecule has 7 heteroatoms. The first-order valence-corrected chi connectivity index (χ1v) is 8.92. The Kier molecular flexibility index (Phi) is 4.40. The summed E-state index contributed by atoms with van der Waals surface area (Å²) in [5.74, 6) is -1.24. The Bertz CT molecular complexity index is 842. The van der Waals surface area contributed by atoms with E-state index in [2.05, 4.69) is 4.72 Å². The summed E-state index contributed by atoms with van der Waals surface area (Å²) in [7, 11) is -4.04. The van der Waals surface area contributed by atoms with E-state index in [0.717, 1.165) is 5.56 Å². The Morgan fingerprint density at radius 3 is 2.38 bits per heavy atom. The monoisotopic (exact) mass is 347 g/mol. The summed E-state index contributed by atoms with van der Waals surface area (Å²) in [4.78, 5) is 11.6. The highest BCUT2D eigenvalue weighted by Crippen LogP contribution is 2.29. The second kappa shape index (κ2) is 6.35. The van der Waals surface area contributed by atoms with Crippen molar-refractivity contribution in [2.24, 2.45) is 0 Å². The zero-order valence-electron chi connectivity index (χ0n) is 12.8. The van der Waals surface area contributed by atoms with Crippen LogP contribution in [0.1, 0.15) is 6.42 Å². The quantitative estimate of drug-likeness (QED) is 0.861. The maximum Gasteiger partial charge on any atom is 0.327 e. The van der Waals surface area contributed by atoms with Gasteiger partial charge in [-0.3, -0.25) is 4.79 Å². The van der Waals surface area contributed by atoms with Gasteiger partial charge in [-0.1, -0.05) is 48.5 Å². The van der Waals surface area contributed by atoms with Crippen LogP contribution in [0, 0.1) is 0 Å². The highest BCUT2D eigenvalue weighted by molar-refractivity contribution is 7.89. The Morgan fingerprint density at radius 2 is 1.75 bits per heavy atom. The van der Waals surface area contributed by atoms with Gasteiger partial charge in [0.25, 0.3) is 0 Å². The second-order valence-corrected chi connectivity index (χ2v) is 7.31. The number of carboxylic acid groups (broad SMARTS) is 1. The SMILES string of the molecule is O=C(O)C1(NS(=O)(=O)c2ccccc2-c2ccccc2)CCOC1. The van der Waals surface area contributed by atoms with Gasteiger partial charge >= 0.3 is 5.97 Å². The minimum atomic E-state index is -4.04. The highest BCUT2D eigenvalue weighted by atomic mass is 32.2. The van der Waals surface area contributed by atoms with E-state index in [4.69, 9.17) is 4.74 Å². The van der Waals surface area contributed by atoms with E-state index in [9.17, 15) is 18.3 Å². The molecule has 0 saturated carbocycles. The summed E-state index contributed by atoms with van der Waals surface area (Å²) in [5, 5.41) is 9.45. The van der Waals surface area contributed by atoms with Crippen LogP contribution in [0.5, 0.6) is 0 Å². The van der Waals surface area contributed by atoms with Gasteiger partial charge in [0.2, 0.25) is 10.0 Å². The van der Waals surface area contributed by atoms with Crippen molar-refractivity contribution in [2.75, 3.05) is 13.2 Å². The number of hydrogen-bond acceptors (Lipinski definition) is 4. The Morgan fingerprint density at radius 1 is 1.08 bits per heavy atom. The Hall–Kier alpha value is -2.22. The molecule has 0 aliphatic carbocycles. The smallest absolute Gasteiger partial charge is 0.327 e. The topological polar surface area (TPSA) is 92.7 Å². The van der Waals surface area contributed by atoms with Crippen LogP contribution in [-0.2, 0) is 19.6 Å². The van der Waals surface area contributed by atoms with E-state index < -0.39 is 21.5 Å². The zero-order valence-corrected chi connectivity index (χ0v) is 13.6. The third-order valence-corrected chi connectivity index (χ3v) is 5.62. The summed E-state index contributed by atoms with van der Waals surface area (Å²) in [6, 6.07) is 15.6. The molecular weight excluding hydrogens is 330 g/mol. The van der Waals surface area contributed by atoms with Crippen molar-refractivity contribution in [1.29, 1.82) is 0 Å². The maximum absolute atomic E-state index is 12.9. The van der Waals surface area contributed by atoms with E-state index in [-0.39, 0.29) is 24.5 Å². The molecule has 2 aromatic rings. The predicted octanol–water partition coefficient (Wildman–Crippen LogP) is 1.88. The number of carboxylic acids is 1. The van der Waals surface area contributed by atoms with E-state index >= 15 is 0 Å². The molecule has 0 amide bonds. The Balaban J connectivity index is 2.04. The van der Waals surface area contributed by atoms with E-state index in [1.54, 1.807) is 30.3 Å². The molecular formula is C17H17NO5S. The van der Waals surface area contributed by atoms with E-state index in [1.165, 1.54) is 6.07 Å². The molecule has 126 valence electrons. The van der Waals surface area contributed by atoms with Crippen LogP contribution in [0.25, 0.3) is 11.1 Å². The molecule has 1 atom stereocenters. The molecule has 3 rings (SSSR count). The van der Waals surface area contributed by atoms with Gasteiger partial charge < -0.3 is 9.84 Å². The van der Waals surface area contributed by atoms with Crippen LogP contribution in [0.2, 0.25) is 0 Å². The van der Waals surface area contributed by atoms with Crippen molar-refractivity contribution >= 4 is 16.0 Å². The van der Waals surface area contributed by atoms with Crippen LogP contribution in [0.4, 0.5) is 0 Å². The first-order chi connectivity index (χ1) is 11.4. The van der Waals surface area contributed by atoms with Gasteiger partial charge in [-0.15, -0.1) is 0 Å². The molecule has 2 N–H and O–H groups in total. The fourth-order valence-corrected chi connectivity index (χ4v) is 4.33. The van der Waals surface area contributed by atoms with Crippen molar-refractivity contribution in [1.82, 2.24) is 4.72 Å². The van der Waals surface area contributed by atoms with Crippen LogP contribution in [-0.4, -0.2) is 38.2 Å². The predicted molar refractivity (Wildman–Crippen MR) is 88.0 cm³/mol. The first kappa shape index (κ1) is 16.6. The lowest BCUT2D eigenvalue weighted by Gasteiger charge is -2.24. The third-order valence-electron chi connectivity index (χ3n) is 4.02. The van der Waals surface area contributed by atoms with Crippen LogP contribution in [0.3, 0.4) is 0 Å². The molecule has 24 heavy (non-hydrogen) atoms. The third kappa shape index (κ3) is 3.06. The summed E-state index contributed by atoms with van der Waals surface area (Å²) in [6.45, 7) is 0.0181. The van der Waals surface area contributed by atoms with Crippen molar-refractivity contribution in [3.05, 3.63) is 54.6 Å². The largest absolute Gasteiger partial charge is 0.480 e. The number of hydrogen-bond donors (Lipinski definition) is 2. The number of ether oxygens (including phenoxy) is 1.